The molecule has 0 aliphatic heterocycles. The molecule has 3 aromatic heterocycles. The minimum Gasteiger partial charge on any atom is -0.477 e. The number of hydrogen-bond acceptors (Lipinski definition) is 6. The van der Waals surface area contributed by atoms with Crippen LogP contribution in [0.3, 0.4) is 0 Å². The molecule has 1 atom stereocenters. The van der Waals surface area contributed by atoms with Crippen molar-refractivity contribution in [2.45, 2.75) is 33.7 Å². The number of fused-ring (bicyclic) bond motifs is 1. The molecular weight excluding hydrogens is 354 g/mol. The van der Waals surface area contributed by atoms with Crippen LogP contribution in [0.4, 0.5) is 0 Å². The van der Waals surface area contributed by atoms with Crippen LogP contribution in [-0.2, 0) is 7.05 Å². The highest BCUT2D eigenvalue weighted by atomic mass is 32.1. The number of nitrogens with zero attached hydrogens (tertiary/aromatic N) is 4. The van der Waals surface area contributed by atoms with E-state index < -0.39 is 12.0 Å². The average Bonchev–Trinajstić information content (AvgIpc) is 3.07. The highest BCUT2D eigenvalue weighted by Crippen LogP contribution is 2.25. The maximum Gasteiger partial charge on any atom is 0.347 e. The Morgan fingerprint density at radius 2 is 1.92 bits per heavy atom. The van der Waals surface area contributed by atoms with Gasteiger partial charge < -0.3 is 10.4 Å². The minimum absolute atomic E-state index is 0.186. The van der Waals surface area contributed by atoms with Gasteiger partial charge in [0, 0.05) is 12.7 Å². The summed E-state index contributed by atoms with van der Waals surface area (Å²) >= 11 is 1.07. The number of aromatic nitrogens is 4. The van der Waals surface area contributed by atoms with Crippen LogP contribution in [0.2, 0.25) is 0 Å². The average molecular weight is 373 g/mol. The topological polar surface area (TPSA) is 110 Å². The van der Waals surface area contributed by atoms with Crippen molar-refractivity contribution in [3.8, 4) is 0 Å². The zero-order valence-electron chi connectivity index (χ0n) is 15.1. The van der Waals surface area contributed by atoms with Crippen molar-refractivity contribution >= 4 is 34.2 Å². The van der Waals surface area contributed by atoms with Crippen molar-refractivity contribution in [2.24, 2.45) is 7.05 Å². The fourth-order valence-electron chi connectivity index (χ4n) is 2.89. The number of carboxylic acid groups (broad SMARTS) is 1. The molecular formula is C17H19N5O3S. The van der Waals surface area contributed by atoms with E-state index in [2.05, 4.69) is 20.4 Å². The third kappa shape index (κ3) is 3.05. The summed E-state index contributed by atoms with van der Waals surface area (Å²) in [4.78, 5) is 33.0. The predicted molar refractivity (Wildman–Crippen MR) is 97.7 cm³/mol. The highest BCUT2D eigenvalue weighted by molar-refractivity contribution is 7.13. The molecule has 9 heteroatoms. The van der Waals surface area contributed by atoms with E-state index in [9.17, 15) is 9.59 Å². The largest absolute Gasteiger partial charge is 0.477 e. The fourth-order valence-corrected chi connectivity index (χ4v) is 3.79. The Morgan fingerprint density at radius 3 is 2.54 bits per heavy atom. The van der Waals surface area contributed by atoms with Gasteiger partial charge in [0.1, 0.15) is 9.88 Å². The Hall–Kier alpha value is -2.81. The molecule has 0 bridgehead atoms. The lowest BCUT2D eigenvalue weighted by molar-refractivity contribution is 0.0701. The van der Waals surface area contributed by atoms with Crippen LogP contribution in [0.25, 0.3) is 11.0 Å². The Kier molecular flexibility index (Phi) is 4.49. The number of nitrogens with one attached hydrogen (secondary N) is 1. The second kappa shape index (κ2) is 6.49. The van der Waals surface area contributed by atoms with Crippen molar-refractivity contribution < 1.29 is 14.7 Å². The number of hydrogen-bond donors (Lipinski definition) is 2. The smallest absolute Gasteiger partial charge is 0.347 e. The van der Waals surface area contributed by atoms with E-state index in [0.717, 1.165) is 22.7 Å². The van der Waals surface area contributed by atoms with Crippen LogP contribution in [-0.4, -0.2) is 36.7 Å². The van der Waals surface area contributed by atoms with E-state index in [1.54, 1.807) is 31.6 Å². The molecule has 1 amide bonds. The molecule has 0 aliphatic rings. The van der Waals surface area contributed by atoms with Crippen LogP contribution in [0.5, 0.6) is 0 Å². The Morgan fingerprint density at radius 1 is 1.23 bits per heavy atom. The molecule has 3 aromatic rings. The zero-order chi connectivity index (χ0) is 19.2. The first-order valence-electron chi connectivity index (χ1n) is 8.01. The third-order valence-corrected chi connectivity index (χ3v) is 5.39. The number of thiazole rings is 1. The van der Waals surface area contributed by atoms with E-state index in [-0.39, 0.29) is 10.8 Å². The Labute approximate surface area is 153 Å². The van der Waals surface area contributed by atoms with E-state index in [1.165, 1.54) is 0 Å². The van der Waals surface area contributed by atoms with E-state index in [4.69, 9.17) is 5.11 Å². The van der Waals surface area contributed by atoms with E-state index >= 15 is 0 Å². The van der Waals surface area contributed by atoms with Gasteiger partial charge in [-0.1, -0.05) is 0 Å². The summed E-state index contributed by atoms with van der Waals surface area (Å²) in [6.07, 6.45) is 0. The summed E-state index contributed by atoms with van der Waals surface area (Å²) in [6.45, 7) is 7.09. The van der Waals surface area contributed by atoms with Crippen molar-refractivity contribution in [3.63, 3.8) is 0 Å². The lowest BCUT2D eigenvalue weighted by Gasteiger charge is -2.12. The molecule has 3 heterocycles. The molecule has 26 heavy (non-hydrogen) atoms. The SMILES string of the molecule is Cc1cc(C(=O)NC(C)c2nc(C)c(C(=O)O)s2)c2c(C)nn(C)c2n1. The van der Waals surface area contributed by atoms with E-state index in [1.807, 2.05) is 13.8 Å². The van der Waals surface area contributed by atoms with Gasteiger partial charge in [-0.2, -0.15) is 5.10 Å². The number of pyridine rings is 1. The monoisotopic (exact) mass is 373 g/mol. The van der Waals surface area contributed by atoms with Crippen LogP contribution < -0.4 is 5.32 Å². The number of amides is 1. The number of aromatic carboxylic acids is 1. The number of carbonyl (C=O) groups is 2. The first kappa shape index (κ1) is 18.0. The molecule has 0 aromatic carbocycles. The number of carbonyl (C=O) groups excluding carboxylic acids is 1. The highest BCUT2D eigenvalue weighted by Gasteiger charge is 2.22. The summed E-state index contributed by atoms with van der Waals surface area (Å²) in [5.74, 6) is -1.28. The first-order chi connectivity index (χ1) is 12.2. The predicted octanol–water partition coefficient (Wildman–Crippen LogP) is 2.54. The van der Waals surface area contributed by atoms with Crippen LogP contribution >= 0.6 is 11.3 Å². The Bertz CT molecular complexity index is 1040. The molecule has 0 aliphatic carbocycles. The van der Waals surface area contributed by atoms with Crippen molar-refractivity contribution in [3.05, 3.63) is 38.6 Å². The zero-order valence-corrected chi connectivity index (χ0v) is 15.9. The normalized spacial score (nSPS) is 12.3. The van der Waals surface area contributed by atoms with Gasteiger partial charge >= 0.3 is 5.97 Å². The van der Waals surface area contributed by atoms with Crippen LogP contribution in [0, 0.1) is 20.8 Å². The molecule has 0 fully saturated rings. The summed E-state index contributed by atoms with van der Waals surface area (Å²) in [7, 11) is 1.79. The standard InChI is InChI=1S/C17H19N5O3S/c1-7-6-11(12-8(2)21-22(5)14(12)18-7)15(23)19-10(4)16-20-9(3)13(26-16)17(24)25/h6,10H,1-5H3,(H,19,23)(H,24,25). The van der Waals surface area contributed by atoms with Gasteiger partial charge in [0.25, 0.3) is 5.91 Å². The van der Waals surface area contributed by atoms with Gasteiger partial charge in [0.05, 0.1) is 28.4 Å². The lowest BCUT2D eigenvalue weighted by atomic mass is 10.1. The van der Waals surface area contributed by atoms with Gasteiger partial charge in [0.15, 0.2) is 5.65 Å². The van der Waals surface area contributed by atoms with Crippen molar-refractivity contribution in [1.29, 1.82) is 0 Å². The molecule has 0 radical (unpaired) electrons. The molecule has 0 saturated carbocycles. The summed E-state index contributed by atoms with van der Waals surface area (Å²) in [6, 6.07) is 1.31. The fraction of sp³-hybridized carbons (Fsp3) is 0.353. The second-order valence-corrected chi connectivity index (χ2v) is 7.22. The Balaban J connectivity index is 1.94. The number of aryl methyl sites for hydroxylation is 4. The van der Waals surface area contributed by atoms with Gasteiger partial charge in [0.2, 0.25) is 0 Å². The number of rotatable bonds is 4. The molecule has 0 spiro atoms. The molecule has 136 valence electrons. The number of carboxylic acids is 1. The summed E-state index contributed by atoms with van der Waals surface area (Å²) < 4.78 is 1.65. The van der Waals surface area contributed by atoms with Crippen LogP contribution in [0.1, 0.15) is 55.1 Å². The minimum atomic E-state index is -1.01. The van der Waals surface area contributed by atoms with Crippen molar-refractivity contribution in [1.82, 2.24) is 25.1 Å². The maximum atomic E-state index is 12.9. The maximum absolute atomic E-state index is 12.9. The second-order valence-electron chi connectivity index (χ2n) is 6.19. The van der Waals surface area contributed by atoms with Gasteiger partial charge in [-0.3, -0.25) is 9.48 Å². The lowest BCUT2D eigenvalue weighted by Crippen LogP contribution is -2.27. The summed E-state index contributed by atoms with van der Waals surface area (Å²) in [5.41, 5.74) is 3.04. The molecule has 0 saturated heterocycles. The molecule has 3 rings (SSSR count). The first-order valence-corrected chi connectivity index (χ1v) is 8.83. The summed E-state index contributed by atoms with van der Waals surface area (Å²) in [5, 5.41) is 17.7. The molecule has 1 unspecified atom stereocenters. The van der Waals surface area contributed by atoms with Gasteiger partial charge in [-0.25, -0.2) is 14.8 Å². The quantitative estimate of drug-likeness (QED) is 0.727. The van der Waals surface area contributed by atoms with E-state index in [0.29, 0.717) is 27.3 Å². The molecule has 8 nitrogen and oxygen atoms in total. The van der Waals surface area contributed by atoms with Gasteiger partial charge in [-0.15, -0.1) is 11.3 Å². The third-order valence-electron chi connectivity index (χ3n) is 4.07. The molecule has 2 N–H and O–H groups in total. The van der Waals surface area contributed by atoms with Gasteiger partial charge in [-0.05, 0) is 33.8 Å². The van der Waals surface area contributed by atoms with Crippen LogP contribution in [0.15, 0.2) is 6.07 Å². The van der Waals surface area contributed by atoms with Crippen molar-refractivity contribution in [2.75, 3.05) is 0 Å².